The second-order valence-corrected chi connectivity index (χ2v) is 4.20. The normalized spacial score (nSPS) is 11.3. The molecular weight excluding hydrogens is 271 g/mol. The van der Waals surface area contributed by atoms with Gasteiger partial charge in [0.1, 0.15) is 18.1 Å². The van der Waals surface area contributed by atoms with Crippen LogP contribution in [0.2, 0.25) is 0 Å². The summed E-state index contributed by atoms with van der Waals surface area (Å²) in [4.78, 5) is 0. The van der Waals surface area contributed by atoms with Crippen molar-refractivity contribution in [1.82, 2.24) is 0 Å². The molecule has 0 atom stereocenters. The first-order valence-electron chi connectivity index (χ1n) is 5.73. The van der Waals surface area contributed by atoms with Gasteiger partial charge in [-0.05, 0) is 24.3 Å². The number of ether oxygens (including phenoxy) is 1. The molecule has 2 rings (SSSR count). The molecule has 0 fully saturated rings. The standard InChI is InChI=1S/C14H12F3NO2/c15-14(16,17)10-5-4-9(13(18)6-10)8-20-12-3-1-2-11(19)7-12/h1-7,19H,8,18H2. The van der Waals surface area contributed by atoms with Crippen LogP contribution in [0.3, 0.4) is 0 Å². The predicted octanol–water partition coefficient (Wildman–Crippen LogP) is 3.57. The van der Waals surface area contributed by atoms with E-state index in [1.807, 2.05) is 0 Å². The van der Waals surface area contributed by atoms with Crippen molar-refractivity contribution >= 4 is 5.69 Å². The van der Waals surface area contributed by atoms with E-state index in [0.717, 1.165) is 12.1 Å². The molecule has 0 heterocycles. The van der Waals surface area contributed by atoms with Crippen LogP contribution < -0.4 is 10.5 Å². The fourth-order valence-corrected chi connectivity index (χ4v) is 1.64. The van der Waals surface area contributed by atoms with E-state index >= 15 is 0 Å². The summed E-state index contributed by atoms with van der Waals surface area (Å²) >= 11 is 0. The third-order valence-corrected chi connectivity index (χ3v) is 2.69. The average molecular weight is 283 g/mol. The lowest BCUT2D eigenvalue weighted by atomic mass is 10.1. The first-order chi connectivity index (χ1) is 9.36. The van der Waals surface area contributed by atoms with Crippen LogP contribution in [0.5, 0.6) is 11.5 Å². The zero-order chi connectivity index (χ0) is 14.8. The summed E-state index contributed by atoms with van der Waals surface area (Å²) in [6.07, 6.45) is -4.42. The second-order valence-electron chi connectivity index (χ2n) is 4.20. The molecule has 0 aliphatic heterocycles. The van der Waals surface area contributed by atoms with Crippen LogP contribution in [-0.2, 0) is 12.8 Å². The number of halogens is 3. The smallest absolute Gasteiger partial charge is 0.416 e. The van der Waals surface area contributed by atoms with E-state index in [1.54, 1.807) is 12.1 Å². The Labute approximate surface area is 113 Å². The molecule has 0 saturated heterocycles. The quantitative estimate of drug-likeness (QED) is 0.847. The summed E-state index contributed by atoms with van der Waals surface area (Å²) in [5, 5.41) is 9.26. The van der Waals surface area contributed by atoms with Crippen molar-refractivity contribution in [2.24, 2.45) is 0 Å². The largest absolute Gasteiger partial charge is 0.508 e. The number of nitrogens with two attached hydrogens (primary N) is 1. The maximum Gasteiger partial charge on any atom is 0.416 e. The summed E-state index contributed by atoms with van der Waals surface area (Å²) < 4.78 is 42.8. The minimum absolute atomic E-state index is 0.0139. The van der Waals surface area contributed by atoms with Crippen LogP contribution in [0.15, 0.2) is 42.5 Å². The molecule has 0 bridgehead atoms. The molecule has 6 heteroatoms. The Morgan fingerprint density at radius 3 is 2.45 bits per heavy atom. The van der Waals surface area contributed by atoms with Crippen molar-refractivity contribution in [3.05, 3.63) is 53.6 Å². The third-order valence-electron chi connectivity index (χ3n) is 2.69. The first-order valence-corrected chi connectivity index (χ1v) is 5.73. The number of phenolic OH excluding ortho intramolecular Hbond substituents is 1. The van der Waals surface area contributed by atoms with Gasteiger partial charge in [0, 0.05) is 17.3 Å². The maximum atomic E-state index is 12.5. The lowest BCUT2D eigenvalue weighted by Crippen LogP contribution is -2.07. The van der Waals surface area contributed by atoms with Gasteiger partial charge in [-0.2, -0.15) is 13.2 Å². The van der Waals surface area contributed by atoms with Gasteiger partial charge in [-0.25, -0.2) is 0 Å². The molecule has 0 saturated carbocycles. The number of hydrogen-bond acceptors (Lipinski definition) is 3. The first kappa shape index (κ1) is 14.0. The van der Waals surface area contributed by atoms with Gasteiger partial charge < -0.3 is 15.6 Å². The van der Waals surface area contributed by atoms with Gasteiger partial charge in [-0.1, -0.05) is 12.1 Å². The molecule has 3 nitrogen and oxygen atoms in total. The van der Waals surface area contributed by atoms with Crippen molar-refractivity contribution < 1.29 is 23.0 Å². The van der Waals surface area contributed by atoms with Crippen LogP contribution in [-0.4, -0.2) is 5.11 Å². The Balaban J connectivity index is 2.11. The van der Waals surface area contributed by atoms with Crippen molar-refractivity contribution in [3.8, 4) is 11.5 Å². The van der Waals surface area contributed by atoms with Crippen LogP contribution in [0, 0.1) is 0 Å². The molecule has 0 spiro atoms. The zero-order valence-electron chi connectivity index (χ0n) is 10.3. The Kier molecular flexibility index (Phi) is 3.74. The minimum atomic E-state index is -4.42. The number of anilines is 1. The molecule has 2 aromatic rings. The molecule has 0 amide bonds. The number of alkyl halides is 3. The topological polar surface area (TPSA) is 55.5 Å². The Morgan fingerprint density at radius 2 is 1.85 bits per heavy atom. The van der Waals surface area contributed by atoms with Gasteiger partial charge in [0.15, 0.2) is 0 Å². The van der Waals surface area contributed by atoms with Crippen LogP contribution >= 0.6 is 0 Å². The van der Waals surface area contributed by atoms with Crippen LogP contribution in [0.1, 0.15) is 11.1 Å². The monoisotopic (exact) mass is 283 g/mol. The van der Waals surface area contributed by atoms with Gasteiger partial charge in [0.25, 0.3) is 0 Å². The van der Waals surface area contributed by atoms with Gasteiger partial charge in [-0.15, -0.1) is 0 Å². The molecule has 0 unspecified atom stereocenters. The van der Waals surface area contributed by atoms with Crippen molar-refractivity contribution in [1.29, 1.82) is 0 Å². The van der Waals surface area contributed by atoms with Crippen LogP contribution in [0.25, 0.3) is 0 Å². The van der Waals surface area contributed by atoms with Gasteiger partial charge in [-0.3, -0.25) is 0 Å². The minimum Gasteiger partial charge on any atom is -0.508 e. The van der Waals surface area contributed by atoms with Gasteiger partial charge >= 0.3 is 6.18 Å². The highest BCUT2D eigenvalue weighted by Crippen LogP contribution is 2.31. The molecule has 0 aliphatic rings. The molecule has 106 valence electrons. The number of phenols is 1. The van der Waals surface area contributed by atoms with E-state index in [9.17, 15) is 18.3 Å². The Bertz CT molecular complexity index is 612. The molecular formula is C14H12F3NO2. The molecule has 0 radical (unpaired) electrons. The highest BCUT2D eigenvalue weighted by atomic mass is 19.4. The summed E-state index contributed by atoms with van der Waals surface area (Å²) in [5.74, 6) is 0.451. The Hall–Kier alpha value is -2.37. The van der Waals surface area contributed by atoms with E-state index in [0.29, 0.717) is 11.3 Å². The summed E-state index contributed by atoms with van der Waals surface area (Å²) in [6, 6.07) is 9.22. The highest BCUT2D eigenvalue weighted by Gasteiger charge is 2.30. The fourth-order valence-electron chi connectivity index (χ4n) is 1.64. The highest BCUT2D eigenvalue weighted by molar-refractivity contribution is 5.49. The molecule has 2 aromatic carbocycles. The lowest BCUT2D eigenvalue weighted by molar-refractivity contribution is -0.137. The summed E-state index contributed by atoms with van der Waals surface area (Å²) in [6.45, 7) is 0.0213. The SMILES string of the molecule is Nc1cc(C(F)(F)F)ccc1COc1cccc(O)c1. The van der Waals surface area contributed by atoms with Gasteiger partial charge in [0.05, 0.1) is 5.56 Å². The van der Waals surface area contributed by atoms with Crippen molar-refractivity contribution in [2.75, 3.05) is 5.73 Å². The van der Waals surface area contributed by atoms with Crippen molar-refractivity contribution in [3.63, 3.8) is 0 Å². The van der Waals surface area contributed by atoms with Gasteiger partial charge in [0.2, 0.25) is 0 Å². The van der Waals surface area contributed by atoms with E-state index < -0.39 is 11.7 Å². The Morgan fingerprint density at radius 1 is 1.10 bits per heavy atom. The maximum absolute atomic E-state index is 12.5. The van der Waals surface area contributed by atoms with E-state index in [1.165, 1.54) is 18.2 Å². The molecule has 20 heavy (non-hydrogen) atoms. The predicted molar refractivity (Wildman–Crippen MR) is 68.3 cm³/mol. The lowest BCUT2D eigenvalue weighted by Gasteiger charge is -2.12. The average Bonchev–Trinajstić information content (AvgIpc) is 2.36. The number of rotatable bonds is 3. The van der Waals surface area contributed by atoms with E-state index in [2.05, 4.69) is 0 Å². The number of nitrogen functional groups attached to an aromatic ring is 1. The third kappa shape index (κ3) is 3.34. The zero-order valence-corrected chi connectivity index (χ0v) is 10.3. The number of aromatic hydroxyl groups is 1. The number of hydrogen-bond donors (Lipinski definition) is 2. The number of benzene rings is 2. The molecule has 0 aliphatic carbocycles. The van der Waals surface area contributed by atoms with Crippen LogP contribution in [0.4, 0.5) is 18.9 Å². The second kappa shape index (κ2) is 5.32. The molecule has 0 aromatic heterocycles. The van der Waals surface area contributed by atoms with E-state index in [4.69, 9.17) is 10.5 Å². The fraction of sp³-hybridized carbons (Fsp3) is 0.143. The molecule has 3 N–H and O–H groups in total. The van der Waals surface area contributed by atoms with E-state index in [-0.39, 0.29) is 18.0 Å². The van der Waals surface area contributed by atoms with Crippen molar-refractivity contribution in [2.45, 2.75) is 12.8 Å². The summed E-state index contributed by atoms with van der Waals surface area (Å²) in [5.41, 5.74) is 5.25. The summed E-state index contributed by atoms with van der Waals surface area (Å²) in [7, 11) is 0.